The molecule has 6 rings (SSSR count). The van der Waals surface area contributed by atoms with Gasteiger partial charge in [0.1, 0.15) is 36.9 Å². The van der Waals surface area contributed by atoms with Crippen molar-refractivity contribution in [3.05, 3.63) is 131 Å². The number of benzene rings is 4. The minimum atomic E-state index is -3.48. The molecule has 0 spiro atoms. The van der Waals surface area contributed by atoms with Crippen LogP contribution in [0.3, 0.4) is 0 Å². The highest BCUT2D eigenvalue weighted by atomic mass is 32.2. The van der Waals surface area contributed by atoms with E-state index in [1.807, 2.05) is 36.4 Å². The Morgan fingerprint density at radius 1 is 0.672 bits per heavy atom. The lowest BCUT2D eigenvalue weighted by Crippen LogP contribution is -2.51. The van der Waals surface area contributed by atoms with Gasteiger partial charge in [0, 0.05) is 24.9 Å². The number of amides is 5. The zero-order valence-corrected chi connectivity index (χ0v) is 36.3. The maximum atomic E-state index is 13.6. The van der Waals surface area contributed by atoms with Crippen molar-refractivity contribution in [1.82, 2.24) is 15.1 Å². The van der Waals surface area contributed by atoms with Crippen molar-refractivity contribution < 1.29 is 55.0 Å². The van der Waals surface area contributed by atoms with Crippen molar-refractivity contribution in [2.75, 3.05) is 25.7 Å². The van der Waals surface area contributed by atoms with Gasteiger partial charge in [-0.25, -0.2) is 41.0 Å². The number of cyclic esters (lactones) is 2. The Morgan fingerprint density at radius 2 is 1.10 bits per heavy atom. The number of ether oxygens (including phenoxy) is 3. The van der Waals surface area contributed by atoms with Crippen LogP contribution in [0.4, 0.5) is 14.4 Å². The van der Waals surface area contributed by atoms with Gasteiger partial charge in [-0.15, -0.1) is 0 Å². The van der Waals surface area contributed by atoms with E-state index < -0.39 is 73.5 Å². The van der Waals surface area contributed by atoms with Gasteiger partial charge in [0.2, 0.25) is 5.91 Å². The molecule has 2 aliphatic rings. The lowest BCUT2D eigenvalue weighted by atomic mass is 9.98. The summed E-state index contributed by atoms with van der Waals surface area (Å²) < 4.78 is 62.9. The number of imide groups is 2. The first-order valence-corrected chi connectivity index (χ1v) is 23.1. The maximum Gasteiger partial charge on any atom is 0.417 e. The zero-order valence-electron chi connectivity index (χ0n) is 34.6. The molecule has 15 nitrogen and oxygen atoms in total. The van der Waals surface area contributed by atoms with E-state index in [1.54, 1.807) is 82.3 Å². The Morgan fingerprint density at radius 3 is 1.52 bits per heavy atom. The van der Waals surface area contributed by atoms with E-state index >= 15 is 0 Å². The van der Waals surface area contributed by atoms with E-state index in [9.17, 15) is 40.8 Å². The molecular weight excluding hydrogens is 827 g/mol. The number of hydrogen-bond acceptors (Lipinski definition) is 12. The average Bonchev–Trinajstić information content (AvgIpc) is 3.78. The second-order valence-corrected chi connectivity index (χ2v) is 19.8. The maximum absolute atomic E-state index is 13.6. The molecule has 2 aliphatic heterocycles. The molecule has 0 aromatic heterocycles. The molecule has 0 aliphatic carbocycles. The average molecular weight is 876 g/mol. The van der Waals surface area contributed by atoms with E-state index in [4.69, 9.17) is 14.2 Å². The summed E-state index contributed by atoms with van der Waals surface area (Å²) in [5.74, 6) is -1.53. The van der Waals surface area contributed by atoms with Gasteiger partial charge in [-0.3, -0.25) is 9.59 Å². The first-order valence-electron chi connectivity index (χ1n) is 19.3. The number of alkyl carbamates (subject to hydrolysis) is 1. The molecule has 2 saturated heterocycles. The van der Waals surface area contributed by atoms with Crippen LogP contribution in [0, 0.1) is 5.92 Å². The quantitative estimate of drug-likeness (QED) is 0.167. The van der Waals surface area contributed by atoms with Crippen LogP contribution in [0.1, 0.15) is 62.0 Å². The molecule has 4 atom stereocenters. The summed E-state index contributed by atoms with van der Waals surface area (Å²) in [6.45, 7) is 6.89. The fourth-order valence-electron chi connectivity index (χ4n) is 6.71. The second-order valence-electron chi connectivity index (χ2n) is 15.8. The van der Waals surface area contributed by atoms with Gasteiger partial charge in [0.05, 0.1) is 9.79 Å². The minimum absolute atomic E-state index is 0.0166. The fourth-order valence-corrected chi connectivity index (χ4v) is 8.09. The molecule has 4 aromatic rings. The highest BCUT2D eigenvalue weighted by molar-refractivity contribution is 7.91. The Kier molecular flexibility index (Phi) is 14.4. The molecule has 17 heteroatoms. The molecular formula is C44H49N3O12S2. The predicted molar refractivity (Wildman–Crippen MR) is 224 cm³/mol. The van der Waals surface area contributed by atoms with Gasteiger partial charge in [0.15, 0.2) is 19.7 Å². The van der Waals surface area contributed by atoms with Gasteiger partial charge in [-0.1, -0.05) is 91.9 Å². The second kappa shape index (κ2) is 19.1. The van der Waals surface area contributed by atoms with Crippen LogP contribution in [-0.4, -0.2) is 94.1 Å². The molecule has 0 saturated carbocycles. The smallest absolute Gasteiger partial charge is 0.417 e. The molecule has 2 unspecified atom stereocenters. The summed E-state index contributed by atoms with van der Waals surface area (Å²) in [5.41, 5.74) is 1.94. The topological polar surface area (TPSA) is 200 Å². The summed E-state index contributed by atoms with van der Waals surface area (Å²) in [5, 5.41) is 2.54. The summed E-state index contributed by atoms with van der Waals surface area (Å²) in [4.78, 5) is 66.1. The van der Waals surface area contributed by atoms with Crippen LogP contribution in [0.2, 0.25) is 0 Å². The summed E-state index contributed by atoms with van der Waals surface area (Å²) in [6, 6.07) is 28.5. The third-order valence-electron chi connectivity index (χ3n) is 9.64. The standard InChI is InChI=1S/C24H28N2O7S.C20H21NO5S/c1-24(2,3)33-22(28)25-19(14-16-9-8-12-18(13-16)34(4,30)31)21(27)26-20(15-32-23(26)29)17-10-6-5-7-11-17;1-14(11-15-7-6-10-17(12-15)27(2,24)25)19(22)21-18(13-26-20(21)23)16-8-4-3-5-9-16/h5-13,19-20H,14-15H2,1-4H3,(H,25,28);3-10,12,14,18H,11,13H2,1-2H3/t19-,20?;14-,18?/m00/s1. The monoisotopic (exact) mass is 875 g/mol. The normalized spacial score (nSPS) is 17.6. The number of nitrogens with one attached hydrogen (secondary N) is 1. The molecule has 2 heterocycles. The van der Waals surface area contributed by atoms with Crippen LogP contribution in [0.15, 0.2) is 119 Å². The summed E-state index contributed by atoms with van der Waals surface area (Å²) in [6.07, 6.45) is 0.184. The minimum Gasteiger partial charge on any atom is -0.446 e. The molecule has 324 valence electrons. The molecule has 4 aromatic carbocycles. The van der Waals surface area contributed by atoms with E-state index in [-0.39, 0.29) is 35.3 Å². The number of carbonyl (C=O) groups is 5. The SMILES string of the molecule is CC(C)(C)OC(=O)N[C@@H](Cc1cccc(S(C)(=O)=O)c1)C(=O)N1C(=O)OCC1c1ccccc1.C[C@@H](Cc1cccc(S(C)(=O)=O)c1)C(=O)N1C(=O)OCC1c1ccccc1. The van der Waals surface area contributed by atoms with Gasteiger partial charge in [-0.05, 0) is 73.7 Å². The number of rotatable bonds is 11. The zero-order chi connectivity index (χ0) is 44.7. The molecule has 2 fully saturated rings. The fraction of sp³-hybridized carbons (Fsp3) is 0.341. The summed E-state index contributed by atoms with van der Waals surface area (Å²) in [7, 11) is -6.80. The van der Waals surface area contributed by atoms with E-state index in [2.05, 4.69) is 5.32 Å². The lowest BCUT2D eigenvalue weighted by Gasteiger charge is -2.27. The highest BCUT2D eigenvalue weighted by Gasteiger charge is 2.43. The van der Waals surface area contributed by atoms with Crippen molar-refractivity contribution in [2.24, 2.45) is 5.92 Å². The van der Waals surface area contributed by atoms with Crippen LogP contribution >= 0.6 is 0 Å². The largest absolute Gasteiger partial charge is 0.446 e. The van der Waals surface area contributed by atoms with E-state index in [0.717, 1.165) is 28.5 Å². The Labute approximate surface area is 355 Å². The molecule has 5 amide bonds. The number of nitrogens with zero attached hydrogens (tertiary/aromatic N) is 2. The molecule has 1 N–H and O–H groups in total. The first-order chi connectivity index (χ1) is 28.6. The highest BCUT2D eigenvalue weighted by Crippen LogP contribution is 2.31. The van der Waals surface area contributed by atoms with Crippen molar-refractivity contribution in [2.45, 2.75) is 74.1 Å². The van der Waals surface area contributed by atoms with Crippen LogP contribution in [0.25, 0.3) is 0 Å². The first kappa shape index (κ1) is 46.0. The van der Waals surface area contributed by atoms with Crippen molar-refractivity contribution in [3.63, 3.8) is 0 Å². The van der Waals surface area contributed by atoms with Crippen molar-refractivity contribution in [1.29, 1.82) is 0 Å². The third kappa shape index (κ3) is 12.3. The molecule has 0 bridgehead atoms. The Balaban J connectivity index is 0.000000237. The summed E-state index contributed by atoms with van der Waals surface area (Å²) >= 11 is 0. The number of sulfone groups is 2. The number of hydrogen-bond donors (Lipinski definition) is 1. The van der Waals surface area contributed by atoms with Crippen LogP contribution < -0.4 is 5.32 Å². The lowest BCUT2D eigenvalue weighted by molar-refractivity contribution is -0.133. The van der Waals surface area contributed by atoms with Crippen molar-refractivity contribution in [3.8, 4) is 0 Å². The Bertz CT molecular complexity index is 2470. The van der Waals surface area contributed by atoms with Crippen LogP contribution in [0.5, 0.6) is 0 Å². The van der Waals surface area contributed by atoms with Gasteiger partial charge < -0.3 is 19.5 Å². The molecule has 61 heavy (non-hydrogen) atoms. The van der Waals surface area contributed by atoms with Gasteiger partial charge in [0.25, 0.3) is 5.91 Å². The van der Waals surface area contributed by atoms with Crippen LogP contribution in [-0.2, 0) is 56.3 Å². The van der Waals surface area contributed by atoms with Gasteiger partial charge >= 0.3 is 18.3 Å². The third-order valence-corrected chi connectivity index (χ3v) is 11.9. The number of carbonyl (C=O) groups excluding carboxylic acids is 5. The molecule has 0 radical (unpaired) electrons. The van der Waals surface area contributed by atoms with E-state index in [1.165, 1.54) is 23.1 Å². The van der Waals surface area contributed by atoms with Crippen molar-refractivity contribution >= 4 is 49.8 Å². The van der Waals surface area contributed by atoms with E-state index in [0.29, 0.717) is 17.5 Å². The Hall–Kier alpha value is -6.07. The van der Waals surface area contributed by atoms with Gasteiger partial charge in [-0.2, -0.15) is 0 Å². The predicted octanol–water partition coefficient (Wildman–Crippen LogP) is 6.23.